The van der Waals surface area contributed by atoms with E-state index in [-0.39, 0.29) is 11.1 Å². The van der Waals surface area contributed by atoms with Crippen LogP contribution in [0, 0.1) is 11.3 Å². The van der Waals surface area contributed by atoms with Crippen LogP contribution in [0.1, 0.15) is 34.5 Å². The molecule has 0 saturated carbocycles. The van der Waals surface area contributed by atoms with E-state index in [4.69, 9.17) is 10.00 Å². The van der Waals surface area contributed by atoms with Gasteiger partial charge in [0.25, 0.3) is 5.56 Å². The summed E-state index contributed by atoms with van der Waals surface area (Å²) in [6, 6.07) is 11.6. The number of esters is 1. The molecular formula is C16H14N2O3. The number of carbonyl (C=O) groups is 1. The maximum Gasteiger partial charge on any atom is 0.338 e. The second kappa shape index (κ2) is 6.06. The largest absolute Gasteiger partial charge is 0.454 e. The van der Waals surface area contributed by atoms with Crippen LogP contribution >= 0.6 is 0 Å². The van der Waals surface area contributed by atoms with Crippen LogP contribution < -0.4 is 5.56 Å². The van der Waals surface area contributed by atoms with Crippen LogP contribution in [-0.4, -0.2) is 10.5 Å². The monoisotopic (exact) mass is 282 g/mol. The van der Waals surface area contributed by atoms with Crippen molar-refractivity contribution in [3.05, 3.63) is 69.6 Å². The molecule has 5 nitrogen and oxygen atoms in total. The number of nitriles is 1. The summed E-state index contributed by atoms with van der Waals surface area (Å²) in [7, 11) is 1.61. The number of benzene rings is 1. The third kappa shape index (κ3) is 3.37. The first kappa shape index (κ1) is 14.5. The highest BCUT2D eigenvalue weighted by Crippen LogP contribution is 2.18. The zero-order chi connectivity index (χ0) is 15.4. The molecular weight excluding hydrogens is 268 g/mol. The van der Waals surface area contributed by atoms with Crippen LogP contribution in [0.2, 0.25) is 0 Å². The minimum absolute atomic E-state index is 0.221. The summed E-state index contributed by atoms with van der Waals surface area (Å²) in [6.07, 6.45) is 1.06. The van der Waals surface area contributed by atoms with Gasteiger partial charge in [-0.2, -0.15) is 5.26 Å². The van der Waals surface area contributed by atoms with E-state index in [2.05, 4.69) is 0 Å². The summed E-state index contributed by atoms with van der Waals surface area (Å²) >= 11 is 0. The Kier molecular flexibility index (Phi) is 4.19. The average Bonchev–Trinajstić information content (AvgIpc) is 2.50. The fraction of sp³-hybridized carbons (Fsp3) is 0.188. The summed E-state index contributed by atoms with van der Waals surface area (Å²) in [4.78, 5) is 23.5. The standard InChI is InChI=1S/C16H14N2O3/c1-11(13-5-3-12(10-17)4-6-13)21-16(20)14-7-8-18(2)15(19)9-14/h3-9,11H,1-2H3/t11-/m1/s1. The highest BCUT2D eigenvalue weighted by atomic mass is 16.5. The molecule has 2 rings (SSSR count). The molecule has 0 bridgehead atoms. The van der Waals surface area contributed by atoms with Crippen molar-refractivity contribution in [3.63, 3.8) is 0 Å². The molecule has 1 aromatic heterocycles. The Balaban J connectivity index is 2.12. The Hall–Kier alpha value is -2.87. The van der Waals surface area contributed by atoms with E-state index in [1.165, 1.54) is 22.9 Å². The van der Waals surface area contributed by atoms with E-state index in [0.29, 0.717) is 5.56 Å². The first-order valence-corrected chi connectivity index (χ1v) is 6.39. The average molecular weight is 282 g/mol. The molecule has 0 aliphatic carbocycles. The zero-order valence-corrected chi connectivity index (χ0v) is 11.7. The van der Waals surface area contributed by atoms with Crippen molar-refractivity contribution in [1.82, 2.24) is 4.57 Å². The summed E-state index contributed by atoms with van der Waals surface area (Å²) in [5.74, 6) is -0.551. The molecule has 0 spiro atoms. The van der Waals surface area contributed by atoms with Crippen molar-refractivity contribution >= 4 is 5.97 Å². The molecule has 1 heterocycles. The highest BCUT2D eigenvalue weighted by molar-refractivity contribution is 5.89. The molecule has 0 radical (unpaired) electrons. The maximum atomic E-state index is 12.0. The minimum atomic E-state index is -0.551. The number of nitrogens with zero attached hydrogens (tertiary/aromatic N) is 2. The van der Waals surface area contributed by atoms with Gasteiger partial charge >= 0.3 is 5.97 Å². The number of aromatic nitrogens is 1. The molecule has 0 aliphatic rings. The van der Waals surface area contributed by atoms with Gasteiger partial charge in [0.2, 0.25) is 0 Å². The second-order valence-electron chi connectivity index (χ2n) is 4.65. The summed E-state index contributed by atoms with van der Waals surface area (Å²) in [6.45, 7) is 1.74. The number of hydrogen-bond donors (Lipinski definition) is 0. The summed E-state index contributed by atoms with van der Waals surface area (Å²) in [5.41, 5.74) is 1.28. The van der Waals surface area contributed by atoms with Crippen molar-refractivity contribution in [2.75, 3.05) is 0 Å². The second-order valence-corrected chi connectivity index (χ2v) is 4.65. The van der Waals surface area contributed by atoms with Gasteiger partial charge in [-0.25, -0.2) is 4.79 Å². The van der Waals surface area contributed by atoms with Crippen LogP contribution in [0.3, 0.4) is 0 Å². The lowest BCUT2D eigenvalue weighted by Gasteiger charge is -2.13. The molecule has 0 saturated heterocycles. The lowest BCUT2D eigenvalue weighted by Crippen LogP contribution is -2.18. The Labute approximate surface area is 122 Å². The van der Waals surface area contributed by atoms with Crippen LogP contribution in [0.5, 0.6) is 0 Å². The molecule has 0 aliphatic heterocycles. The Bertz CT molecular complexity index is 754. The van der Waals surface area contributed by atoms with E-state index < -0.39 is 12.1 Å². The molecule has 1 atom stereocenters. The van der Waals surface area contributed by atoms with Gasteiger partial charge in [0.1, 0.15) is 6.10 Å². The van der Waals surface area contributed by atoms with Gasteiger partial charge in [-0.05, 0) is 30.7 Å². The van der Waals surface area contributed by atoms with Crippen LogP contribution in [0.25, 0.3) is 0 Å². The number of carbonyl (C=O) groups excluding carboxylic acids is 1. The van der Waals surface area contributed by atoms with E-state index >= 15 is 0 Å². The number of aryl methyl sites for hydroxylation is 1. The van der Waals surface area contributed by atoms with Gasteiger partial charge in [-0.1, -0.05) is 12.1 Å². The molecule has 2 aromatic rings. The van der Waals surface area contributed by atoms with Crippen molar-refractivity contribution in [1.29, 1.82) is 5.26 Å². The number of rotatable bonds is 3. The molecule has 1 aromatic carbocycles. The number of ether oxygens (including phenoxy) is 1. The van der Waals surface area contributed by atoms with Gasteiger partial charge in [0.05, 0.1) is 17.2 Å². The lowest BCUT2D eigenvalue weighted by atomic mass is 10.1. The van der Waals surface area contributed by atoms with Gasteiger partial charge in [-0.15, -0.1) is 0 Å². The first-order valence-electron chi connectivity index (χ1n) is 6.39. The van der Waals surface area contributed by atoms with Gasteiger partial charge in [-0.3, -0.25) is 4.79 Å². The Morgan fingerprint density at radius 2 is 1.95 bits per heavy atom. The van der Waals surface area contributed by atoms with Crippen molar-refractivity contribution in [2.24, 2.45) is 7.05 Å². The quantitative estimate of drug-likeness (QED) is 0.809. The lowest BCUT2D eigenvalue weighted by molar-refractivity contribution is 0.0337. The molecule has 21 heavy (non-hydrogen) atoms. The molecule has 106 valence electrons. The normalized spacial score (nSPS) is 11.5. The Morgan fingerprint density at radius 3 is 2.52 bits per heavy atom. The Morgan fingerprint density at radius 1 is 1.29 bits per heavy atom. The predicted molar refractivity (Wildman–Crippen MR) is 76.7 cm³/mol. The number of hydrogen-bond acceptors (Lipinski definition) is 4. The molecule has 5 heteroatoms. The smallest absolute Gasteiger partial charge is 0.338 e. The third-order valence-corrected chi connectivity index (χ3v) is 3.13. The fourth-order valence-electron chi connectivity index (χ4n) is 1.80. The van der Waals surface area contributed by atoms with Crippen molar-refractivity contribution in [3.8, 4) is 6.07 Å². The maximum absolute atomic E-state index is 12.0. The predicted octanol–water partition coefficient (Wildman–Crippen LogP) is 2.17. The molecule has 0 fully saturated rings. The number of pyridine rings is 1. The van der Waals surface area contributed by atoms with Gasteiger partial charge in [0.15, 0.2) is 0 Å². The summed E-state index contributed by atoms with van der Waals surface area (Å²) in [5, 5.41) is 8.74. The first-order chi connectivity index (χ1) is 10.0. The van der Waals surface area contributed by atoms with E-state index in [9.17, 15) is 9.59 Å². The fourth-order valence-corrected chi connectivity index (χ4v) is 1.80. The SMILES string of the molecule is C[C@@H](OC(=O)c1ccn(C)c(=O)c1)c1ccc(C#N)cc1. The zero-order valence-electron chi connectivity index (χ0n) is 11.7. The topological polar surface area (TPSA) is 72.1 Å². The third-order valence-electron chi connectivity index (χ3n) is 3.13. The van der Waals surface area contributed by atoms with Gasteiger partial charge < -0.3 is 9.30 Å². The summed E-state index contributed by atoms with van der Waals surface area (Å²) < 4.78 is 6.70. The van der Waals surface area contributed by atoms with Crippen LogP contribution in [-0.2, 0) is 11.8 Å². The molecule has 0 unspecified atom stereocenters. The van der Waals surface area contributed by atoms with E-state index in [1.807, 2.05) is 6.07 Å². The highest BCUT2D eigenvalue weighted by Gasteiger charge is 2.14. The molecule has 0 amide bonds. The van der Waals surface area contributed by atoms with E-state index in [1.54, 1.807) is 38.2 Å². The minimum Gasteiger partial charge on any atom is -0.454 e. The molecule has 0 N–H and O–H groups in total. The van der Waals surface area contributed by atoms with E-state index in [0.717, 1.165) is 5.56 Å². The van der Waals surface area contributed by atoms with Crippen LogP contribution in [0.15, 0.2) is 47.4 Å². The van der Waals surface area contributed by atoms with Gasteiger partial charge in [0, 0.05) is 19.3 Å². The van der Waals surface area contributed by atoms with Crippen LogP contribution in [0.4, 0.5) is 0 Å². The van der Waals surface area contributed by atoms with Crippen molar-refractivity contribution in [2.45, 2.75) is 13.0 Å². The van der Waals surface area contributed by atoms with Crippen molar-refractivity contribution < 1.29 is 9.53 Å².